The van der Waals surface area contributed by atoms with E-state index >= 15 is 0 Å². The molecule has 0 aliphatic rings. The molecule has 0 fully saturated rings. The van der Waals surface area contributed by atoms with Gasteiger partial charge in [0.2, 0.25) is 0 Å². The Balaban J connectivity index is 0.000000845. The molecule has 0 spiro atoms. The van der Waals surface area contributed by atoms with Crippen LogP contribution in [0.3, 0.4) is 0 Å². The lowest BCUT2D eigenvalue weighted by Gasteiger charge is -1.94. The van der Waals surface area contributed by atoms with Crippen LogP contribution >= 0.6 is 24.0 Å². The fourth-order valence-corrected chi connectivity index (χ4v) is 1.08. The van der Waals surface area contributed by atoms with Crippen LogP contribution in [0.25, 0.3) is 5.65 Å². The van der Waals surface area contributed by atoms with E-state index in [1.165, 1.54) is 4.52 Å². The molecule has 0 atom stereocenters. The molecule has 0 radical (unpaired) electrons. The van der Waals surface area contributed by atoms with Gasteiger partial charge >= 0.3 is 0 Å². The van der Waals surface area contributed by atoms with Crippen molar-refractivity contribution in [2.75, 3.05) is 0 Å². The highest BCUT2D eigenvalue weighted by Gasteiger charge is 2.03. The lowest BCUT2D eigenvalue weighted by molar-refractivity contribution is 0.808. The Labute approximate surface area is 85.3 Å². The second-order valence-corrected chi connectivity index (χ2v) is 2.63. The largest absolute Gasteiger partial charge is 0.324 e. The monoisotopic (exact) mass is 219 g/mol. The van der Waals surface area contributed by atoms with Crippen LogP contribution < -0.4 is 5.73 Å². The molecule has 0 aliphatic heterocycles. The Bertz CT molecular complexity index is 412. The van der Waals surface area contributed by atoms with Gasteiger partial charge in [0, 0.05) is 0 Å². The molecule has 0 amide bonds. The normalized spacial score (nSPS) is 10.0. The van der Waals surface area contributed by atoms with E-state index in [4.69, 9.17) is 17.3 Å². The van der Waals surface area contributed by atoms with Crippen molar-refractivity contribution in [3.05, 3.63) is 23.1 Å². The van der Waals surface area contributed by atoms with E-state index in [1.54, 1.807) is 12.1 Å². The fraction of sp³-hybridized carbons (Fsp3) is 0.167. The van der Waals surface area contributed by atoms with Crippen LogP contribution in [-0.4, -0.2) is 19.8 Å². The SMILES string of the molecule is Cl.NCc1nnc2ccc(Cl)nn12. The minimum atomic E-state index is 0. The summed E-state index contributed by atoms with van der Waals surface area (Å²) in [5, 5.41) is 12.0. The second kappa shape index (κ2) is 3.87. The molecule has 2 heterocycles. The van der Waals surface area contributed by atoms with Gasteiger partial charge in [-0.1, -0.05) is 11.6 Å². The number of hydrogen-bond donors (Lipinski definition) is 1. The summed E-state index contributed by atoms with van der Waals surface area (Å²) >= 11 is 5.68. The first-order valence-corrected chi connectivity index (χ1v) is 3.76. The van der Waals surface area contributed by atoms with Crippen molar-refractivity contribution in [2.24, 2.45) is 5.73 Å². The van der Waals surface area contributed by atoms with E-state index in [9.17, 15) is 0 Å². The molecule has 7 heteroatoms. The number of rotatable bonds is 1. The van der Waals surface area contributed by atoms with Gasteiger partial charge in [0.25, 0.3) is 0 Å². The zero-order valence-corrected chi connectivity index (χ0v) is 8.09. The molecule has 2 rings (SSSR count). The summed E-state index contributed by atoms with van der Waals surface area (Å²) in [6.45, 7) is 0.300. The Morgan fingerprint density at radius 1 is 1.38 bits per heavy atom. The van der Waals surface area contributed by atoms with Crippen molar-refractivity contribution >= 4 is 29.7 Å². The maximum Gasteiger partial charge on any atom is 0.178 e. The van der Waals surface area contributed by atoms with Crippen molar-refractivity contribution < 1.29 is 0 Å². The van der Waals surface area contributed by atoms with Crippen LogP contribution in [0.2, 0.25) is 5.15 Å². The molecule has 5 nitrogen and oxygen atoms in total. The quantitative estimate of drug-likeness (QED) is 0.766. The Morgan fingerprint density at radius 2 is 2.15 bits per heavy atom. The number of aromatic nitrogens is 4. The van der Waals surface area contributed by atoms with Gasteiger partial charge in [-0.25, -0.2) is 0 Å². The molecule has 2 N–H and O–H groups in total. The summed E-state index contributed by atoms with van der Waals surface area (Å²) in [7, 11) is 0. The first kappa shape index (κ1) is 10.2. The van der Waals surface area contributed by atoms with Crippen LogP contribution in [0.15, 0.2) is 12.1 Å². The van der Waals surface area contributed by atoms with E-state index in [2.05, 4.69) is 15.3 Å². The Hall–Kier alpha value is -0.910. The first-order chi connectivity index (χ1) is 5.81. The minimum absolute atomic E-state index is 0. The maximum atomic E-state index is 5.68. The summed E-state index contributed by atoms with van der Waals surface area (Å²) < 4.78 is 1.53. The van der Waals surface area contributed by atoms with Gasteiger partial charge in [-0.2, -0.15) is 9.61 Å². The molecular formula is C6H7Cl2N5. The number of nitrogens with zero attached hydrogens (tertiary/aromatic N) is 4. The highest BCUT2D eigenvalue weighted by Crippen LogP contribution is 2.06. The molecule has 0 aromatic carbocycles. The number of fused-ring (bicyclic) bond motifs is 1. The molecule has 13 heavy (non-hydrogen) atoms. The third-order valence-corrected chi connectivity index (χ3v) is 1.68. The van der Waals surface area contributed by atoms with Crippen LogP contribution in [-0.2, 0) is 6.54 Å². The van der Waals surface area contributed by atoms with Crippen molar-refractivity contribution in [1.29, 1.82) is 0 Å². The summed E-state index contributed by atoms with van der Waals surface area (Å²) in [6, 6.07) is 3.40. The molecule has 2 aromatic heterocycles. The van der Waals surface area contributed by atoms with Crippen molar-refractivity contribution in [3.8, 4) is 0 Å². The predicted molar refractivity (Wildman–Crippen MR) is 50.9 cm³/mol. The highest BCUT2D eigenvalue weighted by molar-refractivity contribution is 6.29. The number of halogens is 2. The van der Waals surface area contributed by atoms with Gasteiger partial charge < -0.3 is 5.73 Å². The Kier molecular flexibility index (Phi) is 3.02. The maximum absolute atomic E-state index is 5.68. The third kappa shape index (κ3) is 1.72. The van der Waals surface area contributed by atoms with Crippen molar-refractivity contribution in [1.82, 2.24) is 19.8 Å². The van der Waals surface area contributed by atoms with Crippen LogP contribution in [0.5, 0.6) is 0 Å². The molecule has 70 valence electrons. The van der Waals surface area contributed by atoms with E-state index in [-0.39, 0.29) is 12.4 Å². The van der Waals surface area contributed by atoms with Gasteiger partial charge in [-0.3, -0.25) is 0 Å². The van der Waals surface area contributed by atoms with Gasteiger partial charge in [-0.05, 0) is 12.1 Å². The topological polar surface area (TPSA) is 69.1 Å². The van der Waals surface area contributed by atoms with Crippen LogP contribution in [0.1, 0.15) is 5.82 Å². The lowest BCUT2D eigenvalue weighted by Crippen LogP contribution is -2.04. The lowest BCUT2D eigenvalue weighted by atomic mass is 10.5. The summed E-state index contributed by atoms with van der Waals surface area (Å²) in [6.07, 6.45) is 0. The van der Waals surface area contributed by atoms with Gasteiger partial charge in [-0.15, -0.1) is 22.6 Å². The number of hydrogen-bond acceptors (Lipinski definition) is 4. The van der Waals surface area contributed by atoms with E-state index < -0.39 is 0 Å². The molecular weight excluding hydrogens is 213 g/mol. The van der Waals surface area contributed by atoms with E-state index in [1.807, 2.05) is 0 Å². The van der Waals surface area contributed by atoms with Gasteiger partial charge in [0.05, 0.1) is 6.54 Å². The predicted octanol–water partition coefficient (Wildman–Crippen LogP) is 0.658. The smallest absolute Gasteiger partial charge is 0.178 e. The van der Waals surface area contributed by atoms with Crippen LogP contribution in [0, 0.1) is 0 Å². The van der Waals surface area contributed by atoms with Gasteiger partial charge in [0.1, 0.15) is 5.15 Å². The molecule has 0 aliphatic carbocycles. The van der Waals surface area contributed by atoms with Crippen LogP contribution in [0.4, 0.5) is 0 Å². The van der Waals surface area contributed by atoms with Crippen molar-refractivity contribution in [2.45, 2.75) is 6.54 Å². The zero-order chi connectivity index (χ0) is 8.55. The molecule has 0 saturated carbocycles. The Morgan fingerprint density at radius 3 is 2.85 bits per heavy atom. The highest BCUT2D eigenvalue weighted by atomic mass is 35.5. The summed E-state index contributed by atoms with van der Waals surface area (Å²) in [5.74, 6) is 0.604. The van der Waals surface area contributed by atoms with Gasteiger partial charge in [0.15, 0.2) is 11.5 Å². The molecule has 0 saturated heterocycles. The molecule has 0 bridgehead atoms. The van der Waals surface area contributed by atoms with E-state index in [0.29, 0.717) is 23.2 Å². The molecule has 0 unspecified atom stereocenters. The van der Waals surface area contributed by atoms with E-state index in [0.717, 1.165) is 0 Å². The minimum Gasteiger partial charge on any atom is -0.324 e. The summed E-state index contributed by atoms with van der Waals surface area (Å²) in [4.78, 5) is 0. The zero-order valence-electron chi connectivity index (χ0n) is 6.51. The fourth-order valence-electron chi connectivity index (χ4n) is 0.938. The second-order valence-electron chi connectivity index (χ2n) is 2.25. The standard InChI is InChI=1S/C6H6ClN5.ClH/c7-4-1-2-5-9-10-6(3-8)12(5)11-4;/h1-2H,3,8H2;1H. The van der Waals surface area contributed by atoms with Crippen molar-refractivity contribution in [3.63, 3.8) is 0 Å². The summed E-state index contributed by atoms with van der Waals surface area (Å²) in [5.41, 5.74) is 6.06. The third-order valence-electron chi connectivity index (χ3n) is 1.48. The first-order valence-electron chi connectivity index (χ1n) is 3.38. The number of nitrogens with two attached hydrogens (primary N) is 1. The average Bonchev–Trinajstić information content (AvgIpc) is 2.46. The average molecular weight is 220 g/mol. The molecule has 2 aromatic rings.